The third-order valence-corrected chi connectivity index (χ3v) is 1.91. The molecule has 0 aromatic heterocycles. The van der Waals surface area contributed by atoms with Crippen molar-refractivity contribution in [2.45, 2.75) is 19.3 Å². The minimum atomic E-state index is -1.13. The Hall–Kier alpha value is -0.610. The van der Waals surface area contributed by atoms with Gasteiger partial charge in [0.1, 0.15) is 13.1 Å². The van der Waals surface area contributed by atoms with E-state index in [4.69, 9.17) is 5.11 Å². The lowest BCUT2D eigenvalue weighted by molar-refractivity contribution is -1.04. The van der Waals surface area contributed by atoms with Crippen LogP contribution in [0.5, 0.6) is 0 Å². The van der Waals surface area contributed by atoms with E-state index in [0.717, 1.165) is 19.3 Å². The van der Waals surface area contributed by atoms with Gasteiger partial charge in [0.15, 0.2) is 0 Å². The Morgan fingerprint density at radius 2 is 1.70 bits per heavy atom. The molecule has 1 aliphatic heterocycles. The number of likely N-dealkylation sites (tertiary alicyclic amines) is 1. The van der Waals surface area contributed by atoms with E-state index in [0.29, 0.717) is 13.1 Å². The van der Waals surface area contributed by atoms with E-state index in [-0.39, 0.29) is 0 Å². The molecule has 0 radical (unpaired) electrons. The van der Waals surface area contributed by atoms with Crippen molar-refractivity contribution in [3.05, 3.63) is 0 Å². The number of nitrogens with zero attached hydrogens (tertiary/aromatic N) is 1. The van der Waals surface area contributed by atoms with Gasteiger partial charge < -0.3 is 5.11 Å². The molecule has 0 aromatic carbocycles. The van der Waals surface area contributed by atoms with E-state index in [1.54, 1.807) is 0 Å². The molecule has 0 aromatic rings. The summed E-state index contributed by atoms with van der Waals surface area (Å²) in [5.41, 5.74) is 0. The zero-order chi connectivity index (χ0) is 7.61. The van der Waals surface area contributed by atoms with Crippen molar-refractivity contribution in [3.63, 3.8) is 0 Å². The Labute approximate surface area is 59.2 Å². The maximum Gasteiger partial charge on any atom is 0.546 e. The van der Waals surface area contributed by atoms with Crippen LogP contribution in [0, 0.1) is 0 Å². The molecule has 0 spiro atoms. The molecule has 1 aliphatic rings. The second-order valence-corrected chi connectivity index (χ2v) is 2.71. The highest BCUT2D eigenvalue weighted by atomic mass is 16.6. The van der Waals surface area contributed by atoms with Crippen LogP contribution in [0.25, 0.3) is 0 Å². The van der Waals surface area contributed by atoms with Gasteiger partial charge in [-0.1, -0.05) is 4.65 Å². The first kappa shape index (κ1) is 7.50. The van der Waals surface area contributed by atoms with E-state index < -0.39 is 10.7 Å². The van der Waals surface area contributed by atoms with E-state index in [2.05, 4.69) is 0 Å². The van der Waals surface area contributed by atoms with Crippen molar-refractivity contribution in [2.24, 2.45) is 0 Å². The van der Waals surface area contributed by atoms with Crippen LogP contribution in [0.3, 0.4) is 0 Å². The van der Waals surface area contributed by atoms with E-state index >= 15 is 0 Å². The molecule has 1 saturated heterocycles. The first-order valence-electron chi connectivity index (χ1n) is 3.48. The van der Waals surface area contributed by atoms with E-state index in [1.807, 2.05) is 0 Å². The van der Waals surface area contributed by atoms with Crippen LogP contribution in [-0.2, 0) is 0 Å². The Morgan fingerprint density at radius 1 is 1.20 bits per heavy atom. The molecule has 4 nitrogen and oxygen atoms in total. The molecular weight excluding hydrogens is 134 g/mol. The second-order valence-electron chi connectivity index (χ2n) is 2.71. The van der Waals surface area contributed by atoms with Gasteiger partial charge in [0.25, 0.3) is 0 Å². The monoisotopic (exact) mass is 146 g/mol. The minimum Gasteiger partial charge on any atom is -0.433 e. The van der Waals surface area contributed by atoms with Gasteiger partial charge in [-0.05, 0) is 6.42 Å². The van der Waals surface area contributed by atoms with Crippen molar-refractivity contribution in [1.82, 2.24) is 0 Å². The van der Waals surface area contributed by atoms with Crippen LogP contribution in [0.15, 0.2) is 0 Å². The normalized spacial score (nSPS) is 24.1. The second kappa shape index (κ2) is 2.56. The lowest BCUT2D eigenvalue weighted by Crippen LogP contribution is -2.52. The van der Waals surface area contributed by atoms with Crippen molar-refractivity contribution in [1.29, 1.82) is 0 Å². The van der Waals surface area contributed by atoms with Crippen LogP contribution >= 0.6 is 0 Å². The molecule has 4 heteroatoms. The predicted molar refractivity (Wildman–Crippen MR) is 33.7 cm³/mol. The summed E-state index contributed by atoms with van der Waals surface area (Å²) in [5, 5.41) is 17.8. The van der Waals surface area contributed by atoms with Crippen LogP contribution in [0.4, 0.5) is 4.79 Å². The number of quaternary nitrogens is 1. The number of hydroxylamine groups is 3. The third kappa shape index (κ3) is 1.27. The molecule has 0 aliphatic carbocycles. The summed E-state index contributed by atoms with van der Waals surface area (Å²) in [7, 11) is 0. The number of rotatable bonds is 0. The zero-order valence-corrected chi connectivity index (χ0v) is 5.79. The van der Waals surface area contributed by atoms with Crippen molar-refractivity contribution < 1.29 is 19.8 Å². The summed E-state index contributed by atoms with van der Waals surface area (Å²) in [5.74, 6) is 0. The summed E-state index contributed by atoms with van der Waals surface area (Å²) >= 11 is 0. The molecule has 0 saturated carbocycles. The van der Waals surface area contributed by atoms with Gasteiger partial charge in [0, 0.05) is 12.8 Å². The highest BCUT2D eigenvalue weighted by Gasteiger charge is 2.37. The molecule has 0 bridgehead atoms. The van der Waals surface area contributed by atoms with Crippen LogP contribution < -0.4 is 0 Å². The predicted octanol–water partition coefficient (Wildman–Crippen LogP) is 1.05. The van der Waals surface area contributed by atoms with Gasteiger partial charge in [-0.25, -0.2) is 5.21 Å². The average Bonchev–Trinajstić information content (AvgIpc) is 1.89. The molecule has 10 heavy (non-hydrogen) atoms. The number of amides is 1. The quantitative estimate of drug-likeness (QED) is 0.396. The number of piperidine rings is 1. The van der Waals surface area contributed by atoms with E-state index in [9.17, 15) is 10.0 Å². The van der Waals surface area contributed by atoms with Gasteiger partial charge >= 0.3 is 6.09 Å². The molecule has 1 rings (SSSR count). The largest absolute Gasteiger partial charge is 0.546 e. The van der Waals surface area contributed by atoms with Crippen LogP contribution in [0.1, 0.15) is 19.3 Å². The molecule has 1 amide bonds. The first-order valence-corrected chi connectivity index (χ1v) is 3.48. The molecule has 58 valence electrons. The molecule has 0 atom stereocenters. The average molecular weight is 146 g/mol. The van der Waals surface area contributed by atoms with Crippen molar-refractivity contribution in [2.75, 3.05) is 13.1 Å². The van der Waals surface area contributed by atoms with E-state index in [1.165, 1.54) is 0 Å². The minimum absolute atomic E-state index is 0.356. The third-order valence-electron chi connectivity index (χ3n) is 1.91. The fraction of sp³-hybridized carbons (Fsp3) is 0.833. The van der Waals surface area contributed by atoms with Gasteiger partial charge in [0.05, 0.1) is 0 Å². The van der Waals surface area contributed by atoms with Gasteiger partial charge in [-0.15, -0.1) is 0 Å². The Morgan fingerprint density at radius 3 is 2.00 bits per heavy atom. The Bertz CT molecular complexity index is 140. The standard InChI is InChI=1S/C6H11NO3/c8-6(9)7(10)4-2-1-3-5-7/h10H,1-5H2/p+1. The Kier molecular flexibility index (Phi) is 1.92. The number of hydrogen-bond acceptors (Lipinski definition) is 2. The highest BCUT2D eigenvalue weighted by molar-refractivity contribution is 5.55. The number of hydrogen-bond donors (Lipinski definition) is 2. The fourth-order valence-electron chi connectivity index (χ4n) is 1.23. The van der Waals surface area contributed by atoms with Crippen LogP contribution in [0.2, 0.25) is 0 Å². The SMILES string of the molecule is O=C(O)[N+]1(O)CCCCC1. The van der Waals surface area contributed by atoms with Crippen LogP contribution in [-0.4, -0.2) is 34.1 Å². The number of carbonyl (C=O) groups is 1. The fourth-order valence-corrected chi connectivity index (χ4v) is 1.23. The van der Waals surface area contributed by atoms with Crippen molar-refractivity contribution in [3.8, 4) is 0 Å². The summed E-state index contributed by atoms with van der Waals surface area (Å²) in [6, 6.07) is 0. The lowest BCUT2D eigenvalue weighted by atomic mass is 10.1. The van der Waals surface area contributed by atoms with Crippen molar-refractivity contribution >= 4 is 6.09 Å². The van der Waals surface area contributed by atoms with Gasteiger partial charge in [-0.2, -0.15) is 4.79 Å². The molecule has 1 heterocycles. The molecule has 1 fully saturated rings. The summed E-state index contributed by atoms with van der Waals surface area (Å²) in [6.07, 6.45) is 1.53. The first-order chi connectivity index (χ1) is 4.65. The Balaban J connectivity index is 2.56. The molecule has 0 unspecified atom stereocenters. The molecular formula is C6H12NO3+. The maximum absolute atomic E-state index is 10.4. The summed E-state index contributed by atoms with van der Waals surface area (Å²) < 4.78 is -0.778. The summed E-state index contributed by atoms with van der Waals surface area (Å²) in [4.78, 5) is 10.4. The summed E-state index contributed by atoms with van der Waals surface area (Å²) in [6.45, 7) is 0.713. The number of carboxylic acid groups (broad SMARTS) is 1. The highest BCUT2D eigenvalue weighted by Crippen LogP contribution is 2.15. The lowest BCUT2D eigenvalue weighted by Gasteiger charge is -2.27. The smallest absolute Gasteiger partial charge is 0.433 e. The maximum atomic E-state index is 10.4. The topological polar surface area (TPSA) is 57.5 Å². The zero-order valence-electron chi connectivity index (χ0n) is 5.79. The molecule has 2 N–H and O–H groups in total. The van der Waals surface area contributed by atoms with Gasteiger partial charge in [0.2, 0.25) is 0 Å². The van der Waals surface area contributed by atoms with Gasteiger partial charge in [-0.3, -0.25) is 0 Å².